The molecule has 0 aromatic heterocycles. The average molecular weight is 229 g/mol. The molecule has 1 rings (SSSR count). The summed E-state index contributed by atoms with van der Waals surface area (Å²) in [6.45, 7) is 6.96. The van der Waals surface area contributed by atoms with Crippen molar-refractivity contribution in [2.75, 3.05) is 26.2 Å². The van der Waals surface area contributed by atoms with Crippen molar-refractivity contribution in [3.05, 3.63) is 0 Å². The van der Waals surface area contributed by atoms with E-state index in [1.807, 2.05) is 0 Å². The summed E-state index contributed by atoms with van der Waals surface area (Å²) in [4.78, 5) is 2.55. The molecule has 0 bridgehead atoms. The summed E-state index contributed by atoms with van der Waals surface area (Å²) in [6, 6.07) is 0. The number of rotatable bonds is 3. The van der Waals surface area contributed by atoms with Crippen molar-refractivity contribution < 1.29 is 0 Å². The number of piperidine rings is 1. The minimum Gasteiger partial charge on any atom is -0.330 e. The summed E-state index contributed by atoms with van der Waals surface area (Å²) in [7, 11) is 0. The summed E-state index contributed by atoms with van der Waals surface area (Å²) >= 11 is 0. The Bertz CT molecular complexity index is 104. The van der Waals surface area contributed by atoms with Gasteiger partial charge in [-0.1, -0.05) is 6.92 Å². The lowest BCUT2D eigenvalue weighted by molar-refractivity contribution is 0.188. The van der Waals surface area contributed by atoms with Crippen molar-refractivity contribution in [1.29, 1.82) is 0 Å². The highest BCUT2D eigenvalue weighted by Crippen LogP contribution is 2.15. The first-order valence-corrected chi connectivity index (χ1v) is 4.79. The van der Waals surface area contributed by atoms with E-state index < -0.39 is 0 Å². The molecule has 0 aromatic rings. The molecule has 0 unspecified atom stereocenters. The number of nitrogens with two attached hydrogens (primary N) is 1. The Morgan fingerprint density at radius 1 is 1.23 bits per heavy atom. The molecule has 0 spiro atoms. The van der Waals surface area contributed by atoms with Gasteiger partial charge in [-0.05, 0) is 51.4 Å². The minimum atomic E-state index is 0. The van der Waals surface area contributed by atoms with E-state index >= 15 is 0 Å². The molecule has 0 amide bonds. The highest BCUT2D eigenvalue weighted by molar-refractivity contribution is 5.85. The van der Waals surface area contributed by atoms with E-state index in [2.05, 4.69) is 11.8 Å². The summed E-state index contributed by atoms with van der Waals surface area (Å²) < 4.78 is 0. The van der Waals surface area contributed by atoms with Crippen molar-refractivity contribution >= 4 is 24.8 Å². The predicted octanol–water partition coefficient (Wildman–Crippen LogP) is 1.91. The monoisotopic (exact) mass is 228 g/mol. The molecule has 1 aliphatic heterocycles. The van der Waals surface area contributed by atoms with Crippen molar-refractivity contribution in [2.45, 2.75) is 26.2 Å². The van der Waals surface area contributed by atoms with Crippen molar-refractivity contribution in [2.24, 2.45) is 11.7 Å². The summed E-state index contributed by atoms with van der Waals surface area (Å²) in [5.41, 5.74) is 5.60. The fraction of sp³-hybridized carbons (Fsp3) is 1.00. The van der Waals surface area contributed by atoms with Crippen molar-refractivity contribution in [1.82, 2.24) is 4.90 Å². The number of hydrogen-bond donors (Lipinski definition) is 1. The third-order valence-corrected chi connectivity index (χ3v) is 2.58. The molecular weight excluding hydrogens is 207 g/mol. The molecule has 4 heteroatoms. The van der Waals surface area contributed by atoms with Crippen LogP contribution in [0.4, 0.5) is 0 Å². The van der Waals surface area contributed by atoms with Gasteiger partial charge in [-0.2, -0.15) is 0 Å². The first kappa shape index (κ1) is 15.9. The largest absolute Gasteiger partial charge is 0.330 e. The second kappa shape index (κ2) is 9.07. The molecule has 2 N–H and O–H groups in total. The Kier molecular flexibility index (Phi) is 11.1. The Labute approximate surface area is 94.1 Å². The van der Waals surface area contributed by atoms with Crippen LogP contribution >= 0.6 is 24.8 Å². The predicted molar refractivity (Wildman–Crippen MR) is 63.0 cm³/mol. The smallest absolute Gasteiger partial charge is 0.00156 e. The highest BCUT2D eigenvalue weighted by atomic mass is 35.5. The summed E-state index contributed by atoms with van der Waals surface area (Å²) in [5, 5.41) is 0. The lowest BCUT2D eigenvalue weighted by atomic mass is 9.97. The van der Waals surface area contributed by atoms with E-state index in [0.717, 1.165) is 12.5 Å². The molecule has 2 nitrogen and oxygen atoms in total. The van der Waals surface area contributed by atoms with E-state index in [4.69, 9.17) is 5.73 Å². The molecule has 0 saturated carbocycles. The van der Waals surface area contributed by atoms with Gasteiger partial charge in [0.25, 0.3) is 0 Å². The van der Waals surface area contributed by atoms with E-state index in [0.29, 0.717) is 0 Å². The van der Waals surface area contributed by atoms with Crippen molar-refractivity contribution in [3.8, 4) is 0 Å². The maximum atomic E-state index is 5.60. The fourth-order valence-electron chi connectivity index (χ4n) is 1.76. The summed E-state index contributed by atoms with van der Waals surface area (Å²) in [5.74, 6) is 0.808. The number of nitrogens with zero attached hydrogens (tertiary/aromatic N) is 1. The number of hydrogen-bond acceptors (Lipinski definition) is 2. The molecule has 82 valence electrons. The van der Waals surface area contributed by atoms with E-state index in [1.165, 1.54) is 38.9 Å². The lowest BCUT2D eigenvalue weighted by Gasteiger charge is -2.30. The Balaban J connectivity index is 0. The topological polar surface area (TPSA) is 29.3 Å². The van der Waals surface area contributed by atoms with Gasteiger partial charge < -0.3 is 10.6 Å². The van der Waals surface area contributed by atoms with Gasteiger partial charge in [-0.25, -0.2) is 0 Å². The second-order valence-electron chi connectivity index (χ2n) is 3.52. The maximum Gasteiger partial charge on any atom is -0.00156 e. The molecule has 0 aliphatic carbocycles. The lowest BCUT2D eigenvalue weighted by Crippen LogP contribution is -2.36. The first-order valence-electron chi connectivity index (χ1n) is 4.79. The molecule has 1 saturated heterocycles. The van der Waals surface area contributed by atoms with Crippen LogP contribution in [0.3, 0.4) is 0 Å². The Hall–Kier alpha value is 0.500. The Morgan fingerprint density at radius 3 is 2.15 bits per heavy atom. The zero-order valence-corrected chi connectivity index (χ0v) is 10.0. The van der Waals surface area contributed by atoms with Gasteiger partial charge in [-0.3, -0.25) is 0 Å². The molecule has 1 aliphatic rings. The third kappa shape index (κ3) is 5.74. The van der Waals surface area contributed by atoms with Gasteiger partial charge in [0.2, 0.25) is 0 Å². The number of halogens is 2. The average Bonchev–Trinajstić information content (AvgIpc) is 2.07. The molecule has 1 heterocycles. The van der Waals surface area contributed by atoms with Crippen LogP contribution < -0.4 is 5.73 Å². The molecule has 13 heavy (non-hydrogen) atoms. The van der Waals surface area contributed by atoms with E-state index in [-0.39, 0.29) is 24.8 Å². The second-order valence-corrected chi connectivity index (χ2v) is 3.52. The van der Waals surface area contributed by atoms with E-state index in [9.17, 15) is 0 Å². The van der Waals surface area contributed by atoms with Gasteiger partial charge in [0.1, 0.15) is 0 Å². The SMILES string of the molecule is CCCN1CCC(CN)CC1.Cl.Cl. The zero-order chi connectivity index (χ0) is 8.10. The fourth-order valence-corrected chi connectivity index (χ4v) is 1.76. The van der Waals surface area contributed by atoms with Crippen LogP contribution in [0.15, 0.2) is 0 Å². The number of likely N-dealkylation sites (tertiary alicyclic amines) is 1. The van der Waals surface area contributed by atoms with Gasteiger partial charge in [0.15, 0.2) is 0 Å². The van der Waals surface area contributed by atoms with Crippen LogP contribution in [0, 0.1) is 5.92 Å². The van der Waals surface area contributed by atoms with Gasteiger partial charge in [0.05, 0.1) is 0 Å². The normalized spacial score (nSPS) is 18.9. The molecule has 0 atom stereocenters. The third-order valence-electron chi connectivity index (χ3n) is 2.58. The van der Waals surface area contributed by atoms with Crippen LogP contribution in [0.1, 0.15) is 26.2 Å². The van der Waals surface area contributed by atoms with Crippen LogP contribution in [0.5, 0.6) is 0 Å². The standard InChI is InChI=1S/C9H20N2.2ClH/c1-2-5-11-6-3-9(8-10)4-7-11;;/h9H,2-8,10H2,1H3;2*1H. The molecular formula is C9H22Cl2N2. The quantitative estimate of drug-likeness (QED) is 0.801. The zero-order valence-electron chi connectivity index (χ0n) is 8.37. The van der Waals surface area contributed by atoms with Crippen molar-refractivity contribution in [3.63, 3.8) is 0 Å². The van der Waals surface area contributed by atoms with Crippen LogP contribution in [-0.2, 0) is 0 Å². The Morgan fingerprint density at radius 2 is 1.77 bits per heavy atom. The van der Waals surface area contributed by atoms with Gasteiger partial charge in [0, 0.05) is 0 Å². The van der Waals surface area contributed by atoms with Crippen LogP contribution in [0.2, 0.25) is 0 Å². The minimum absolute atomic E-state index is 0. The van der Waals surface area contributed by atoms with Gasteiger partial charge >= 0.3 is 0 Å². The van der Waals surface area contributed by atoms with Gasteiger partial charge in [-0.15, -0.1) is 24.8 Å². The highest BCUT2D eigenvalue weighted by Gasteiger charge is 2.16. The molecule has 0 radical (unpaired) electrons. The first-order chi connectivity index (χ1) is 5.36. The molecule has 1 fully saturated rings. The van der Waals surface area contributed by atoms with Crippen LogP contribution in [0.25, 0.3) is 0 Å². The maximum absolute atomic E-state index is 5.60. The van der Waals surface area contributed by atoms with E-state index in [1.54, 1.807) is 0 Å². The summed E-state index contributed by atoms with van der Waals surface area (Å²) in [6.07, 6.45) is 3.92. The molecule has 0 aromatic carbocycles. The van der Waals surface area contributed by atoms with Crippen LogP contribution in [-0.4, -0.2) is 31.1 Å².